The normalized spacial score (nSPS) is 11.6. The maximum atomic E-state index is 12.6. The second-order valence-corrected chi connectivity index (χ2v) is 6.67. The molecule has 0 atom stereocenters. The van der Waals surface area contributed by atoms with E-state index in [4.69, 9.17) is 4.74 Å². The van der Waals surface area contributed by atoms with Crippen LogP contribution >= 0.6 is 15.9 Å². The van der Waals surface area contributed by atoms with Gasteiger partial charge in [0.25, 0.3) is 0 Å². The molecular formula is C20H15BrF3N3O. The average Bonchev–Trinajstić information content (AvgIpc) is 2.68. The Balaban J connectivity index is 1.68. The first-order valence-electron chi connectivity index (χ1n) is 8.20. The first-order valence-corrected chi connectivity index (χ1v) is 9.00. The van der Waals surface area contributed by atoms with Crippen molar-refractivity contribution in [2.24, 2.45) is 5.10 Å². The number of halogens is 4. The number of anilines is 1. The molecule has 0 saturated heterocycles. The Bertz CT molecular complexity index is 945. The van der Waals surface area contributed by atoms with Crippen molar-refractivity contribution in [1.82, 2.24) is 4.98 Å². The van der Waals surface area contributed by atoms with Gasteiger partial charge in [-0.05, 0) is 35.9 Å². The summed E-state index contributed by atoms with van der Waals surface area (Å²) in [5, 5.41) is 4.04. The second-order valence-electron chi connectivity index (χ2n) is 5.76. The molecule has 0 spiro atoms. The predicted octanol–water partition coefficient (Wildman–Crippen LogP) is 5.89. The van der Waals surface area contributed by atoms with Crippen LogP contribution in [0.4, 0.5) is 19.0 Å². The van der Waals surface area contributed by atoms with Gasteiger partial charge in [-0.3, -0.25) is 5.43 Å². The molecule has 144 valence electrons. The quantitative estimate of drug-likeness (QED) is 0.377. The minimum absolute atomic E-state index is 0.200. The van der Waals surface area contributed by atoms with Gasteiger partial charge in [0.05, 0.1) is 11.8 Å². The third-order valence-electron chi connectivity index (χ3n) is 3.68. The zero-order valence-corrected chi connectivity index (χ0v) is 16.0. The lowest BCUT2D eigenvalue weighted by Gasteiger charge is -2.10. The number of hydrogen-bond acceptors (Lipinski definition) is 4. The van der Waals surface area contributed by atoms with Crippen molar-refractivity contribution in [2.75, 3.05) is 5.43 Å². The number of nitrogens with one attached hydrogen (secondary N) is 1. The van der Waals surface area contributed by atoms with E-state index in [2.05, 4.69) is 31.4 Å². The fourth-order valence-electron chi connectivity index (χ4n) is 2.28. The number of benzene rings is 2. The van der Waals surface area contributed by atoms with Crippen LogP contribution in [0.3, 0.4) is 0 Å². The fraction of sp³-hybridized carbons (Fsp3) is 0.100. The summed E-state index contributed by atoms with van der Waals surface area (Å²) in [6.07, 6.45) is -2.15. The molecule has 0 amide bonds. The van der Waals surface area contributed by atoms with Gasteiger partial charge >= 0.3 is 6.18 Å². The van der Waals surface area contributed by atoms with Crippen LogP contribution < -0.4 is 10.2 Å². The number of ether oxygens (including phenoxy) is 1. The highest BCUT2D eigenvalue weighted by Gasteiger charge is 2.30. The molecule has 0 fully saturated rings. The summed E-state index contributed by atoms with van der Waals surface area (Å²) in [6.45, 7) is 0.400. The molecule has 8 heteroatoms. The first-order chi connectivity index (χ1) is 13.4. The number of hydrazone groups is 1. The molecular weight excluding hydrogens is 435 g/mol. The lowest BCUT2D eigenvalue weighted by atomic mass is 10.2. The van der Waals surface area contributed by atoms with Crippen molar-refractivity contribution in [3.05, 3.63) is 88.0 Å². The number of rotatable bonds is 6. The van der Waals surface area contributed by atoms with E-state index in [0.717, 1.165) is 22.3 Å². The van der Waals surface area contributed by atoms with Gasteiger partial charge in [0.2, 0.25) is 0 Å². The van der Waals surface area contributed by atoms with E-state index in [1.54, 1.807) is 0 Å². The summed E-state index contributed by atoms with van der Waals surface area (Å²) in [5.41, 5.74) is 3.53. The van der Waals surface area contributed by atoms with Crippen molar-refractivity contribution < 1.29 is 17.9 Å². The molecule has 0 unspecified atom stereocenters. The van der Waals surface area contributed by atoms with E-state index in [0.29, 0.717) is 17.9 Å². The minimum atomic E-state index is -4.42. The molecule has 1 heterocycles. The molecule has 0 aliphatic heterocycles. The van der Waals surface area contributed by atoms with E-state index in [1.807, 2.05) is 48.5 Å². The van der Waals surface area contributed by atoms with Crippen molar-refractivity contribution in [3.63, 3.8) is 0 Å². The third-order valence-corrected chi connectivity index (χ3v) is 4.18. The van der Waals surface area contributed by atoms with Crippen LogP contribution in [0.2, 0.25) is 0 Å². The Morgan fingerprint density at radius 1 is 1.07 bits per heavy atom. The maximum absolute atomic E-state index is 12.6. The smallest absolute Gasteiger partial charge is 0.417 e. The van der Waals surface area contributed by atoms with Gasteiger partial charge in [0, 0.05) is 16.2 Å². The molecule has 3 aromatic rings. The number of aromatic nitrogens is 1. The van der Waals surface area contributed by atoms with Crippen LogP contribution in [0.15, 0.2) is 76.4 Å². The molecule has 0 radical (unpaired) electrons. The lowest BCUT2D eigenvalue weighted by Crippen LogP contribution is -2.05. The van der Waals surface area contributed by atoms with Gasteiger partial charge in [-0.15, -0.1) is 0 Å². The van der Waals surface area contributed by atoms with Crippen molar-refractivity contribution in [1.29, 1.82) is 0 Å². The van der Waals surface area contributed by atoms with E-state index < -0.39 is 11.7 Å². The Morgan fingerprint density at radius 3 is 2.54 bits per heavy atom. The standard InChI is InChI=1S/C20H15BrF3N3O/c21-17-7-8-18(28-13-14-4-2-1-3-5-14)15(10-17)11-26-27-19-9-6-16(12-25-19)20(22,23)24/h1-12H,13H2,(H,25,27)/b26-11-. The monoisotopic (exact) mass is 449 g/mol. The van der Waals surface area contributed by atoms with Crippen LogP contribution in [-0.2, 0) is 12.8 Å². The van der Waals surface area contributed by atoms with Gasteiger partial charge in [0.1, 0.15) is 18.2 Å². The lowest BCUT2D eigenvalue weighted by molar-refractivity contribution is -0.137. The molecule has 0 bridgehead atoms. The summed E-state index contributed by atoms with van der Waals surface area (Å²) in [4.78, 5) is 3.71. The molecule has 28 heavy (non-hydrogen) atoms. The summed E-state index contributed by atoms with van der Waals surface area (Å²) < 4.78 is 44.4. The average molecular weight is 450 g/mol. The highest BCUT2D eigenvalue weighted by atomic mass is 79.9. The molecule has 3 rings (SSSR count). The van der Waals surface area contributed by atoms with Gasteiger partial charge in [-0.25, -0.2) is 4.98 Å². The van der Waals surface area contributed by atoms with E-state index in [9.17, 15) is 13.2 Å². The Kier molecular flexibility index (Phi) is 6.30. The highest BCUT2D eigenvalue weighted by Crippen LogP contribution is 2.29. The van der Waals surface area contributed by atoms with Crippen LogP contribution in [0, 0.1) is 0 Å². The van der Waals surface area contributed by atoms with Crippen molar-refractivity contribution >= 4 is 28.0 Å². The molecule has 1 aromatic heterocycles. The largest absolute Gasteiger partial charge is 0.488 e. The molecule has 1 N–H and O–H groups in total. The Labute approximate surface area is 168 Å². The summed E-state index contributed by atoms with van der Waals surface area (Å²) >= 11 is 3.40. The first kappa shape index (κ1) is 19.9. The summed E-state index contributed by atoms with van der Waals surface area (Å²) in [7, 11) is 0. The van der Waals surface area contributed by atoms with Gasteiger partial charge < -0.3 is 4.74 Å². The molecule has 4 nitrogen and oxygen atoms in total. The van der Waals surface area contributed by atoms with Crippen molar-refractivity contribution in [3.8, 4) is 5.75 Å². The van der Waals surface area contributed by atoms with Crippen LogP contribution in [0.1, 0.15) is 16.7 Å². The number of alkyl halides is 3. The number of pyridine rings is 1. The summed E-state index contributed by atoms with van der Waals surface area (Å²) in [5.74, 6) is 0.823. The minimum Gasteiger partial charge on any atom is -0.488 e. The molecule has 0 aliphatic rings. The fourth-order valence-corrected chi connectivity index (χ4v) is 2.66. The second kappa shape index (κ2) is 8.88. The predicted molar refractivity (Wildman–Crippen MR) is 105 cm³/mol. The zero-order valence-electron chi connectivity index (χ0n) is 14.4. The number of nitrogens with zero attached hydrogens (tertiary/aromatic N) is 2. The van der Waals surface area contributed by atoms with E-state index in [-0.39, 0.29) is 5.82 Å². The third kappa shape index (κ3) is 5.56. The van der Waals surface area contributed by atoms with E-state index >= 15 is 0 Å². The number of hydrogen-bond donors (Lipinski definition) is 1. The topological polar surface area (TPSA) is 46.5 Å². The highest BCUT2D eigenvalue weighted by molar-refractivity contribution is 9.10. The molecule has 0 aliphatic carbocycles. The maximum Gasteiger partial charge on any atom is 0.417 e. The summed E-state index contributed by atoms with van der Waals surface area (Å²) in [6, 6.07) is 17.4. The van der Waals surface area contributed by atoms with Gasteiger partial charge in [-0.1, -0.05) is 46.3 Å². The van der Waals surface area contributed by atoms with E-state index in [1.165, 1.54) is 12.3 Å². The van der Waals surface area contributed by atoms with Crippen molar-refractivity contribution in [2.45, 2.75) is 12.8 Å². The molecule has 0 saturated carbocycles. The Morgan fingerprint density at radius 2 is 1.86 bits per heavy atom. The van der Waals surface area contributed by atoms with Gasteiger partial charge in [-0.2, -0.15) is 18.3 Å². The Hall–Kier alpha value is -2.87. The van der Waals surface area contributed by atoms with Crippen LogP contribution in [-0.4, -0.2) is 11.2 Å². The van der Waals surface area contributed by atoms with Gasteiger partial charge in [0.15, 0.2) is 0 Å². The van der Waals surface area contributed by atoms with Crippen LogP contribution in [0.25, 0.3) is 0 Å². The zero-order chi connectivity index (χ0) is 20.0. The van der Waals surface area contributed by atoms with Crippen LogP contribution in [0.5, 0.6) is 5.75 Å². The molecule has 2 aromatic carbocycles. The SMILES string of the molecule is FC(F)(F)c1ccc(N/N=C\c2cc(Br)ccc2OCc2ccccc2)nc1.